The fraction of sp³-hybridized carbons (Fsp3) is 0.0667. The van der Waals surface area contributed by atoms with Crippen LogP contribution in [0.25, 0.3) is 10.9 Å². The molecule has 0 saturated heterocycles. The predicted octanol–water partition coefficient (Wildman–Crippen LogP) is 3.24. The Balaban J connectivity index is 2.01. The second kappa shape index (κ2) is 4.57. The van der Waals surface area contributed by atoms with Gasteiger partial charge in [-0.25, -0.2) is 4.79 Å². The molecular formula is C15H12N2O2. The van der Waals surface area contributed by atoms with Crippen LogP contribution in [0.4, 0.5) is 11.7 Å². The Labute approximate surface area is 109 Å². The Morgan fingerprint density at radius 1 is 1.05 bits per heavy atom. The third-order valence-electron chi connectivity index (χ3n) is 2.84. The van der Waals surface area contributed by atoms with Crippen LogP contribution in [-0.4, -0.2) is 4.98 Å². The van der Waals surface area contributed by atoms with Crippen LogP contribution in [0.5, 0.6) is 0 Å². The highest BCUT2D eigenvalue weighted by molar-refractivity contribution is 5.77. The Morgan fingerprint density at radius 3 is 2.58 bits per heavy atom. The molecule has 19 heavy (non-hydrogen) atoms. The number of hydrogen-bond donors (Lipinski definition) is 1. The monoisotopic (exact) mass is 252 g/mol. The van der Waals surface area contributed by atoms with E-state index >= 15 is 0 Å². The lowest BCUT2D eigenvalue weighted by Gasteiger charge is -2.04. The maximum absolute atomic E-state index is 11.8. The van der Waals surface area contributed by atoms with E-state index < -0.39 is 0 Å². The van der Waals surface area contributed by atoms with Crippen molar-refractivity contribution in [2.45, 2.75) is 6.92 Å². The fourth-order valence-corrected chi connectivity index (χ4v) is 1.83. The van der Waals surface area contributed by atoms with E-state index in [2.05, 4.69) is 10.3 Å². The van der Waals surface area contributed by atoms with Gasteiger partial charge in [0.05, 0.1) is 10.9 Å². The summed E-state index contributed by atoms with van der Waals surface area (Å²) in [6.45, 7) is 2.01. The van der Waals surface area contributed by atoms with Crippen molar-refractivity contribution < 1.29 is 4.42 Å². The van der Waals surface area contributed by atoms with Crippen molar-refractivity contribution in [3.8, 4) is 0 Å². The number of para-hydroxylation sites is 1. The third-order valence-corrected chi connectivity index (χ3v) is 2.84. The van der Waals surface area contributed by atoms with Gasteiger partial charge in [-0.1, -0.05) is 29.8 Å². The zero-order valence-electron chi connectivity index (χ0n) is 10.4. The lowest BCUT2D eigenvalue weighted by molar-refractivity contribution is 0.522. The molecule has 4 nitrogen and oxygen atoms in total. The van der Waals surface area contributed by atoms with E-state index in [1.165, 1.54) is 5.56 Å². The van der Waals surface area contributed by atoms with Gasteiger partial charge in [0.1, 0.15) is 0 Å². The van der Waals surface area contributed by atoms with Crippen LogP contribution in [0.3, 0.4) is 0 Å². The number of benzene rings is 2. The van der Waals surface area contributed by atoms with Gasteiger partial charge < -0.3 is 9.73 Å². The molecule has 3 aromatic rings. The van der Waals surface area contributed by atoms with Crippen molar-refractivity contribution in [3.05, 3.63) is 64.5 Å². The molecule has 3 rings (SSSR count). The summed E-state index contributed by atoms with van der Waals surface area (Å²) in [6, 6.07) is 15.1. The minimum absolute atomic E-state index is 0.201. The van der Waals surface area contributed by atoms with Crippen molar-refractivity contribution in [1.82, 2.24) is 4.98 Å². The van der Waals surface area contributed by atoms with Gasteiger partial charge in [-0.05, 0) is 31.2 Å². The lowest BCUT2D eigenvalue weighted by atomic mass is 10.2. The summed E-state index contributed by atoms with van der Waals surface area (Å²) in [5, 5.41) is 3.47. The number of aryl methyl sites for hydroxylation is 1. The zero-order valence-corrected chi connectivity index (χ0v) is 10.4. The van der Waals surface area contributed by atoms with Crippen molar-refractivity contribution in [1.29, 1.82) is 0 Å². The van der Waals surface area contributed by atoms with Crippen LogP contribution < -0.4 is 10.9 Å². The third kappa shape index (κ3) is 2.33. The van der Waals surface area contributed by atoms with Gasteiger partial charge in [0.2, 0.25) is 0 Å². The molecule has 1 aromatic heterocycles. The summed E-state index contributed by atoms with van der Waals surface area (Å²) in [4.78, 5) is 16.1. The molecule has 94 valence electrons. The molecule has 0 aliphatic heterocycles. The molecule has 0 aliphatic rings. The molecule has 1 N–H and O–H groups in total. The number of nitrogens with zero attached hydrogens (tertiary/aromatic N) is 1. The molecule has 0 fully saturated rings. The fourth-order valence-electron chi connectivity index (χ4n) is 1.83. The molecular weight excluding hydrogens is 240 g/mol. The SMILES string of the molecule is Cc1ccc(Nc2nc3ccccc3c(=O)o2)cc1. The van der Waals surface area contributed by atoms with Gasteiger partial charge in [0.25, 0.3) is 0 Å². The first kappa shape index (κ1) is 11.5. The second-order valence-electron chi connectivity index (χ2n) is 4.31. The van der Waals surface area contributed by atoms with E-state index in [0.717, 1.165) is 5.69 Å². The molecule has 0 spiro atoms. The first-order chi connectivity index (χ1) is 9.22. The van der Waals surface area contributed by atoms with Crippen LogP contribution in [-0.2, 0) is 0 Å². The molecule has 0 aliphatic carbocycles. The summed E-state index contributed by atoms with van der Waals surface area (Å²) in [6.07, 6.45) is 0. The Kier molecular flexibility index (Phi) is 2.76. The normalized spacial score (nSPS) is 10.6. The molecule has 0 amide bonds. The molecule has 0 radical (unpaired) electrons. The van der Waals surface area contributed by atoms with Crippen LogP contribution in [0.2, 0.25) is 0 Å². The minimum Gasteiger partial charge on any atom is -0.388 e. The molecule has 0 atom stereocenters. The van der Waals surface area contributed by atoms with Crippen molar-refractivity contribution in [2.75, 3.05) is 5.32 Å². The van der Waals surface area contributed by atoms with E-state index in [4.69, 9.17) is 4.42 Å². The minimum atomic E-state index is -0.389. The van der Waals surface area contributed by atoms with Gasteiger partial charge in [-0.15, -0.1) is 0 Å². The van der Waals surface area contributed by atoms with E-state index in [-0.39, 0.29) is 11.6 Å². The quantitative estimate of drug-likeness (QED) is 0.760. The number of nitrogens with one attached hydrogen (secondary N) is 1. The Hall–Kier alpha value is -2.62. The smallest absolute Gasteiger partial charge is 0.348 e. The first-order valence-corrected chi connectivity index (χ1v) is 5.96. The Bertz CT molecular complexity index is 776. The zero-order chi connectivity index (χ0) is 13.2. The summed E-state index contributed by atoms with van der Waals surface area (Å²) in [7, 11) is 0. The van der Waals surface area contributed by atoms with Crippen molar-refractivity contribution in [2.24, 2.45) is 0 Å². The summed E-state index contributed by atoms with van der Waals surface area (Å²) >= 11 is 0. The lowest BCUT2D eigenvalue weighted by Crippen LogP contribution is -2.04. The molecule has 0 saturated carbocycles. The van der Waals surface area contributed by atoms with Crippen LogP contribution in [0, 0.1) is 6.92 Å². The highest BCUT2D eigenvalue weighted by Crippen LogP contribution is 2.16. The standard InChI is InChI=1S/C15H12N2O2/c1-10-6-8-11(9-7-10)16-15-17-13-5-3-2-4-12(13)14(18)19-15/h2-9H,1H3,(H,16,17). The molecule has 4 heteroatoms. The van der Waals surface area contributed by atoms with Gasteiger partial charge in [-0.2, -0.15) is 4.98 Å². The summed E-state index contributed by atoms with van der Waals surface area (Å²) in [5.74, 6) is 0. The van der Waals surface area contributed by atoms with Gasteiger partial charge in [0.15, 0.2) is 0 Å². The number of hydrogen-bond acceptors (Lipinski definition) is 4. The number of aromatic nitrogens is 1. The molecule has 2 aromatic carbocycles. The van der Waals surface area contributed by atoms with E-state index in [1.807, 2.05) is 37.3 Å². The maximum atomic E-state index is 11.8. The van der Waals surface area contributed by atoms with Crippen LogP contribution >= 0.6 is 0 Å². The van der Waals surface area contributed by atoms with Crippen LogP contribution in [0.15, 0.2) is 57.7 Å². The topological polar surface area (TPSA) is 55.1 Å². The average molecular weight is 252 g/mol. The van der Waals surface area contributed by atoms with E-state index in [9.17, 15) is 4.79 Å². The molecule has 0 unspecified atom stereocenters. The molecule has 0 bridgehead atoms. The highest BCUT2D eigenvalue weighted by atomic mass is 16.4. The van der Waals surface area contributed by atoms with Gasteiger partial charge >= 0.3 is 11.6 Å². The number of anilines is 2. The van der Waals surface area contributed by atoms with Crippen molar-refractivity contribution >= 4 is 22.6 Å². The highest BCUT2D eigenvalue weighted by Gasteiger charge is 2.05. The molecule has 1 heterocycles. The van der Waals surface area contributed by atoms with Gasteiger partial charge in [-0.3, -0.25) is 0 Å². The summed E-state index contributed by atoms with van der Waals surface area (Å²) < 4.78 is 5.15. The second-order valence-corrected chi connectivity index (χ2v) is 4.31. The average Bonchev–Trinajstić information content (AvgIpc) is 2.42. The Morgan fingerprint density at radius 2 is 1.79 bits per heavy atom. The number of rotatable bonds is 2. The van der Waals surface area contributed by atoms with Crippen molar-refractivity contribution in [3.63, 3.8) is 0 Å². The maximum Gasteiger partial charge on any atom is 0.348 e. The first-order valence-electron chi connectivity index (χ1n) is 5.96. The predicted molar refractivity (Wildman–Crippen MR) is 74.7 cm³/mol. The van der Waals surface area contributed by atoms with E-state index in [0.29, 0.717) is 10.9 Å². The van der Waals surface area contributed by atoms with Gasteiger partial charge in [0, 0.05) is 5.69 Å². The van der Waals surface area contributed by atoms with Crippen LogP contribution in [0.1, 0.15) is 5.56 Å². The largest absolute Gasteiger partial charge is 0.388 e. The van der Waals surface area contributed by atoms with E-state index in [1.54, 1.807) is 18.2 Å². The summed E-state index contributed by atoms with van der Waals surface area (Å²) in [5.41, 5.74) is 2.23. The number of fused-ring (bicyclic) bond motifs is 1.